The lowest BCUT2D eigenvalue weighted by atomic mass is 10.3. The van der Waals surface area contributed by atoms with Crippen molar-refractivity contribution in [2.75, 3.05) is 13.1 Å². The largest absolute Gasteiger partial charge is 0.313 e. The molecule has 0 aliphatic heterocycles. The van der Waals surface area contributed by atoms with Crippen LogP contribution >= 0.6 is 11.3 Å². The molecule has 0 saturated heterocycles. The summed E-state index contributed by atoms with van der Waals surface area (Å²) in [5.41, 5.74) is 1.03. The molecule has 0 aromatic carbocycles. The van der Waals surface area contributed by atoms with Crippen molar-refractivity contribution in [2.24, 2.45) is 0 Å². The molecule has 0 saturated carbocycles. The molecule has 0 atom stereocenters. The lowest BCUT2D eigenvalue weighted by Gasteiger charge is -2.24. The Bertz CT molecular complexity index is 481. The minimum atomic E-state index is -3.34. The number of hydrogen-bond donors (Lipinski definition) is 1. The van der Waals surface area contributed by atoms with E-state index in [0.29, 0.717) is 10.8 Å². The molecular weight excluding hydrogens is 280 g/mol. The fourth-order valence-corrected chi connectivity index (χ4v) is 4.91. The Balaban J connectivity index is 2.95. The third-order valence-electron chi connectivity index (χ3n) is 2.79. The molecule has 4 nitrogen and oxygen atoms in total. The maximum Gasteiger partial charge on any atom is 0.252 e. The summed E-state index contributed by atoms with van der Waals surface area (Å²) in [4.78, 5) is 0. The second-order valence-electron chi connectivity index (χ2n) is 4.76. The van der Waals surface area contributed by atoms with Gasteiger partial charge in [-0.15, -0.1) is 11.3 Å². The van der Waals surface area contributed by atoms with Gasteiger partial charge >= 0.3 is 0 Å². The molecule has 1 aromatic rings. The second-order valence-corrected chi connectivity index (χ2v) is 7.79. The van der Waals surface area contributed by atoms with E-state index in [1.807, 2.05) is 33.1 Å². The van der Waals surface area contributed by atoms with Crippen molar-refractivity contribution in [3.8, 4) is 0 Å². The summed E-state index contributed by atoms with van der Waals surface area (Å²) >= 11 is 1.31. The number of sulfonamides is 1. The van der Waals surface area contributed by atoms with Crippen LogP contribution in [0.4, 0.5) is 0 Å². The number of nitrogens with one attached hydrogen (secondary N) is 1. The van der Waals surface area contributed by atoms with Crippen molar-refractivity contribution in [2.45, 2.75) is 50.9 Å². The van der Waals surface area contributed by atoms with Crippen LogP contribution in [0, 0.1) is 0 Å². The van der Waals surface area contributed by atoms with Crippen LogP contribution in [-0.2, 0) is 16.6 Å². The molecule has 0 radical (unpaired) electrons. The van der Waals surface area contributed by atoms with Gasteiger partial charge in [0.1, 0.15) is 4.21 Å². The monoisotopic (exact) mass is 304 g/mol. The number of thiophene rings is 1. The second kappa shape index (κ2) is 7.38. The zero-order chi connectivity index (χ0) is 14.5. The Labute approximate surface area is 120 Å². The highest BCUT2D eigenvalue weighted by Gasteiger charge is 2.27. The van der Waals surface area contributed by atoms with Crippen LogP contribution in [0.25, 0.3) is 0 Å². The minimum Gasteiger partial charge on any atom is -0.313 e. The van der Waals surface area contributed by atoms with Crippen LogP contribution < -0.4 is 5.32 Å². The first-order chi connectivity index (χ1) is 8.93. The van der Waals surface area contributed by atoms with Crippen molar-refractivity contribution in [3.05, 3.63) is 17.0 Å². The molecule has 0 fully saturated rings. The first kappa shape index (κ1) is 16.6. The summed E-state index contributed by atoms with van der Waals surface area (Å²) in [5.74, 6) is 0. The van der Waals surface area contributed by atoms with E-state index in [9.17, 15) is 8.42 Å². The summed E-state index contributed by atoms with van der Waals surface area (Å²) in [5, 5.41) is 5.12. The third-order valence-corrected chi connectivity index (χ3v) is 6.33. The summed E-state index contributed by atoms with van der Waals surface area (Å²) in [6.45, 7) is 10.0. The molecule has 1 rings (SSSR count). The van der Waals surface area contributed by atoms with Crippen LogP contribution in [0.5, 0.6) is 0 Å². The van der Waals surface area contributed by atoms with Crippen LogP contribution in [-0.4, -0.2) is 31.9 Å². The summed E-state index contributed by atoms with van der Waals surface area (Å²) in [6.07, 6.45) is 0.826. The lowest BCUT2D eigenvalue weighted by Crippen LogP contribution is -2.37. The zero-order valence-electron chi connectivity index (χ0n) is 12.1. The average molecular weight is 304 g/mol. The Morgan fingerprint density at radius 1 is 1.37 bits per heavy atom. The predicted octanol–water partition coefficient (Wildman–Crippen LogP) is 2.67. The molecule has 0 aliphatic rings. The molecule has 0 aliphatic carbocycles. The van der Waals surface area contributed by atoms with Gasteiger partial charge in [0.05, 0.1) is 0 Å². The van der Waals surface area contributed by atoms with Gasteiger partial charge in [0.15, 0.2) is 0 Å². The molecule has 1 aromatic heterocycles. The van der Waals surface area contributed by atoms with Crippen molar-refractivity contribution < 1.29 is 8.42 Å². The molecule has 0 unspecified atom stereocenters. The minimum absolute atomic E-state index is 0.00994. The van der Waals surface area contributed by atoms with Gasteiger partial charge in [-0.05, 0) is 43.8 Å². The molecule has 19 heavy (non-hydrogen) atoms. The van der Waals surface area contributed by atoms with Crippen LogP contribution in [0.15, 0.2) is 15.7 Å². The van der Waals surface area contributed by atoms with Crippen molar-refractivity contribution in [1.29, 1.82) is 0 Å². The maximum absolute atomic E-state index is 12.6. The first-order valence-corrected chi connectivity index (χ1v) is 9.05. The zero-order valence-corrected chi connectivity index (χ0v) is 13.8. The van der Waals surface area contributed by atoms with E-state index in [4.69, 9.17) is 0 Å². The Morgan fingerprint density at radius 2 is 2.05 bits per heavy atom. The van der Waals surface area contributed by atoms with Gasteiger partial charge in [-0.1, -0.05) is 13.8 Å². The summed E-state index contributed by atoms with van der Waals surface area (Å²) < 4.78 is 27.2. The van der Waals surface area contributed by atoms with Gasteiger partial charge in [0, 0.05) is 19.1 Å². The number of hydrogen-bond acceptors (Lipinski definition) is 4. The third kappa shape index (κ3) is 4.27. The molecule has 1 N–H and O–H groups in total. The lowest BCUT2D eigenvalue weighted by molar-refractivity contribution is 0.355. The van der Waals surface area contributed by atoms with Crippen molar-refractivity contribution in [1.82, 2.24) is 9.62 Å². The highest BCUT2D eigenvalue weighted by molar-refractivity contribution is 7.91. The van der Waals surface area contributed by atoms with Gasteiger partial charge in [-0.2, -0.15) is 4.31 Å². The molecular formula is C13H24N2O2S2. The average Bonchev–Trinajstić information content (AvgIpc) is 2.82. The van der Waals surface area contributed by atoms with Gasteiger partial charge in [-0.25, -0.2) is 8.42 Å². The standard InChI is InChI=1S/C13H24N2O2S2/c1-5-7-15(11(3)4)19(16,17)13-8-12(10-18-13)9-14-6-2/h8,10-11,14H,5-7,9H2,1-4H3. The highest BCUT2D eigenvalue weighted by Crippen LogP contribution is 2.25. The van der Waals surface area contributed by atoms with Crippen LogP contribution in [0.3, 0.4) is 0 Å². The summed E-state index contributed by atoms with van der Waals surface area (Å²) in [7, 11) is -3.34. The van der Waals surface area contributed by atoms with Crippen LogP contribution in [0.1, 0.15) is 39.7 Å². The van der Waals surface area contributed by atoms with E-state index in [-0.39, 0.29) is 6.04 Å². The fraction of sp³-hybridized carbons (Fsp3) is 0.692. The normalized spacial score (nSPS) is 12.5. The van der Waals surface area contributed by atoms with E-state index < -0.39 is 10.0 Å². The van der Waals surface area contributed by atoms with E-state index in [1.165, 1.54) is 11.3 Å². The topological polar surface area (TPSA) is 49.4 Å². The van der Waals surface area contributed by atoms with E-state index in [2.05, 4.69) is 5.32 Å². The Hall–Kier alpha value is -0.430. The smallest absolute Gasteiger partial charge is 0.252 e. The van der Waals surface area contributed by atoms with Gasteiger partial charge in [-0.3, -0.25) is 0 Å². The van der Waals surface area contributed by atoms with Crippen molar-refractivity contribution in [3.63, 3.8) is 0 Å². The quantitative estimate of drug-likeness (QED) is 0.803. The molecule has 6 heteroatoms. The molecule has 110 valence electrons. The Kier molecular flexibility index (Phi) is 6.46. The van der Waals surface area contributed by atoms with Gasteiger partial charge in [0.2, 0.25) is 0 Å². The van der Waals surface area contributed by atoms with Gasteiger partial charge in [0.25, 0.3) is 10.0 Å². The van der Waals surface area contributed by atoms with E-state index in [1.54, 1.807) is 10.4 Å². The predicted molar refractivity (Wildman–Crippen MR) is 81.0 cm³/mol. The molecule has 0 bridgehead atoms. The van der Waals surface area contributed by atoms with E-state index in [0.717, 1.165) is 25.1 Å². The number of rotatable bonds is 8. The summed E-state index contributed by atoms with van der Waals surface area (Å²) in [6, 6.07) is 1.78. The fourth-order valence-electron chi connectivity index (χ4n) is 1.84. The first-order valence-electron chi connectivity index (χ1n) is 6.73. The van der Waals surface area contributed by atoms with E-state index >= 15 is 0 Å². The van der Waals surface area contributed by atoms with Gasteiger partial charge < -0.3 is 5.32 Å². The maximum atomic E-state index is 12.6. The van der Waals surface area contributed by atoms with Crippen molar-refractivity contribution >= 4 is 21.4 Å². The van der Waals surface area contributed by atoms with Crippen LogP contribution in [0.2, 0.25) is 0 Å². The highest BCUT2D eigenvalue weighted by atomic mass is 32.2. The molecule has 0 amide bonds. The number of nitrogens with zero attached hydrogens (tertiary/aromatic N) is 1. The molecule has 0 spiro atoms. The SMILES string of the molecule is CCCN(C(C)C)S(=O)(=O)c1cc(CNCC)cs1. The molecule has 1 heterocycles. The Morgan fingerprint density at radius 3 is 2.58 bits per heavy atom.